The van der Waals surface area contributed by atoms with Gasteiger partial charge in [-0.1, -0.05) is 32.1 Å². The molecule has 2 rings (SSSR count). The number of hydrogen-bond acceptors (Lipinski definition) is 2. The highest BCUT2D eigenvalue weighted by Crippen LogP contribution is 2.28. The number of hydrogen-bond donors (Lipinski definition) is 1. The van der Waals surface area contributed by atoms with Gasteiger partial charge in [0.15, 0.2) is 0 Å². The van der Waals surface area contributed by atoms with Crippen molar-refractivity contribution >= 4 is 0 Å². The summed E-state index contributed by atoms with van der Waals surface area (Å²) in [6.07, 6.45) is 11.9. The maximum Gasteiger partial charge on any atom is 0.0580 e. The fraction of sp³-hybridized carbons (Fsp3) is 1.00. The molecule has 16 heavy (non-hydrogen) atoms. The minimum absolute atomic E-state index is 0.0202. The Balaban J connectivity index is 1.79. The molecule has 2 heteroatoms. The lowest BCUT2D eigenvalue weighted by atomic mass is 10.0. The third kappa shape index (κ3) is 3.21. The van der Waals surface area contributed by atoms with Crippen LogP contribution in [0.15, 0.2) is 0 Å². The normalized spacial score (nSPS) is 33.2. The van der Waals surface area contributed by atoms with Crippen molar-refractivity contribution in [1.29, 1.82) is 0 Å². The Kier molecular flexibility index (Phi) is 4.66. The zero-order valence-corrected chi connectivity index (χ0v) is 10.7. The molecule has 1 N–H and O–H groups in total. The maximum absolute atomic E-state index is 9.87. The Bertz CT molecular complexity index is 199. The van der Waals surface area contributed by atoms with E-state index in [4.69, 9.17) is 0 Å². The molecule has 2 unspecified atom stereocenters. The van der Waals surface area contributed by atoms with Crippen molar-refractivity contribution in [2.24, 2.45) is 5.92 Å². The van der Waals surface area contributed by atoms with Crippen LogP contribution in [0.25, 0.3) is 0 Å². The van der Waals surface area contributed by atoms with E-state index in [9.17, 15) is 5.11 Å². The molecule has 2 saturated carbocycles. The van der Waals surface area contributed by atoms with E-state index in [-0.39, 0.29) is 6.10 Å². The van der Waals surface area contributed by atoms with Crippen molar-refractivity contribution in [3.63, 3.8) is 0 Å². The third-order valence-corrected chi connectivity index (χ3v) is 4.59. The van der Waals surface area contributed by atoms with Crippen LogP contribution in [0, 0.1) is 5.92 Å². The largest absolute Gasteiger partial charge is 0.393 e. The van der Waals surface area contributed by atoms with Crippen LogP contribution in [0.2, 0.25) is 0 Å². The summed E-state index contributed by atoms with van der Waals surface area (Å²) in [7, 11) is 2.26. The van der Waals surface area contributed by atoms with Crippen molar-refractivity contribution in [2.75, 3.05) is 13.6 Å². The molecule has 0 aliphatic heterocycles. The van der Waals surface area contributed by atoms with Gasteiger partial charge in [-0.3, -0.25) is 0 Å². The molecule has 0 bridgehead atoms. The summed E-state index contributed by atoms with van der Waals surface area (Å²) in [6.45, 7) is 1.12. The second kappa shape index (κ2) is 6.02. The summed E-state index contributed by atoms with van der Waals surface area (Å²) in [5.41, 5.74) is 0. The molecule has 2 atom stereocenters. The molecule has 2 aliphatic carbocycles. The summed E-state index contributed by atoms with van der Waals surface area (Å²) >= 11 is 0. The molecular weight excluding hydrogens is 198 g/mol. The first kappa shape index (κ1) is 12.4. The van der Waals surface area contributed by atoms with Crippen molar-refractivity contribution in [3.05, 3.63) is 0 Å². The molecule has 0 heterocycles. The van der Waals surface area contributed by atoms with E-state index in [1.807, 2.05) is 0 Å². The Morgan fingerprint density at radius 1 is 0.938 bits per heavy atom. The van der Waals surface area contributed by atoms with Gasteiger partial charge in [0.05, 0.1) is 6.10 Å². The van der Waals surface area contributed by atoms with Crippen LogP contribution in [0.3, 0.4) is 0 Å². The average Bonchev–Trinajstić information content (AvgIpc) is 2.57. The molecule has 0 aromatic rings. The molecule has 2 fully saturated rings. The smallest absolute Gasteiger partial charge is 0.0580 e. The lowest BCUT2D eigenvalue weighted by Crippen LogP contribution is -2.37. The van der Waals surface area contributed by atoms with Gasteiger partial charge in [0.25, 0.3) is 0 Å². The van der Waals surface area contributed by atoms with Crippen molar-refractivity contribution in [3.8, 4) is 0 Å². The quantitative estimate of drug-likeness (QED) is 0.747. The Morgan fingerprint density at radius 2 is 1.62 bits per heavy atom. The molecule has 2 aliphatic rings. The van der Waals surface area contributed by atoms with Crippen LogP contribution in [0.5, 0.6) is 0 Å². The van der Waals surface area contributed by atoms with Crippen LogP contribution in [0.1, 0.15) is 57.8 Å². The van der Waals surface area contributed by atoms with E-state index in [2.05, 4.69) is 11.9 Å². The minimum Gasteiger partial charge on any atom is -0.393 e. The molecule has 0 radical (unpaired) electrons. The summed E-state index contributed by atoms with van der Waals surface area (Å²) in [4.78, 5) is 2.53. The zero-order chi connectivity index (χ0) is 11.4. The lowest BCUT2D eigenvalue weighted by Gasteiger charge is -2.30. The van der Waals surface area contributed by atoms with Gasteiger partial charge >= 0.3 is 0 Å². The van der Waals surface area contributed by atoms with E-state index in [0.717, 1.165) is 19.0 Å². The van der Waals surface area contributed by atoms with Crippen molar-refractivity contribution < 1.29 is 5.11 Å². The predicted octanol–water partition coefficient (Wildman–Crippen LogP) is 2.80. The molecule has 0 saturated heterocycles. The highest BCUT2D eigenvalue weighted by atomic mass is 16.3. The molecule has 0 amide bonds. The second-order valence-electron chi connectivity index (χ2n) is 5.84. The first-order chi connectivity index (χ1) is 7.77. The molecule has 2 nitrogen and oxygen atoms in total. The number of nitrogens with zero attached hydrogens (tertiary/aromatic N) is 1. The topological polar surface area (TPSA) is 23.5 Å². The second-order valence-corrected chi connectivity index (χ2v) is 5.84. The molecule has 94 valence electrons. The first-order valence-electron chi connectivity index (χ1n) is 7.15. The lowest BCUT2D eigenvalue weighted by molar-refractivity contribution is 0.0934. The van der Waals surface area contributed by atoms with E-state index in [1.54, 1.807) is 0 Å². The van der Waals surface area contributed by atoms with Crippen molar-refractivity contribution in [2.45, 2.75) is 69.9 Å². The number of aliphatic hydroxyl groups excluding tert-OH is 1. The van der Waals surface area contributed by atoms with E-state index in [1.165, 1.54) is 51.4 Å². The highest BCUT2D eigenvalue weighted by molar-refractivity contribution is 4.81. The fourth-order valence-electron chi connectivity index (χ4n) is 3.45. The van der Waals surface area contributed by atoms with Gasteiger partial charge in [0, 0.05) is 12.6 Å². The minimum atomic E-state index is -0.0202. The zero-order valence-electron chi connectivity index (χ0n) is 10.7. The van der Waals surface area contributed by atoms with Gasteiger partial charge in [-0.2, -0.15) is 0 Å². The maximum atomic E-state index is 9.87. The summed E-state index contributed by atoms with van der Waals surface area (Å²) in [5.74, 6) is 0.549. The third-order valence-electron chi connectivity index (χ3n) is 4.59. The van der Waals surface area contributed by atoms with Gasteiger partial charge in [0.1, 0.15) is 0 Å². The average molecular weight is 225 g/mol. The Hall–Kier alpha value is -0.0800. The van der Waals surface area contributed by atoms with Gasteiger partial charge in [-0.15, -0.1) is 0 Å². The van der Waals surface area contributed by atoms with Crippen LogP contribution < -0.4 is 0 Å². The Labute approximate surface area is 100 Å². The van der Waals surface area contributed by atoms with Crippen molar-refractivity contribution in [1.82, 2.24) is 4.90 Å². The van der Waals surface area contributed by atoms with E-state index < -0.39 is 0 Å². The molecule has 0 spiro atoms. The van der Waals surface area contributed by atoms with E-state index in [0.29, 0.717) is 5.92 Å². The summed E-state index contributed by atoms with van der Waals surface area (Å²) < 4.78 is 0. The van der Waals surface area contributed by atoms with Gasteiger partial charge in [0.2, 0.25) is 0 Å². The Morgan fingerprint density at radius 3 is 2.19 bits per heavy atom. The SMILES string of the molecule is CN(CC1CCCC1O)C1CCCCCC1. The van der Waals surface area contributed by atoms with Crippen LogP contribution in [0.4, 0.5) is 0 Å². The summed E-state index contributed by atoms with van der Waals surface area (Å²) in [6, 6.07) is 0.787. The molecular formula is C14H27NO. The van der Waals surface area contributed by atoms with E-state index >= 15 is 0 Å². The molecule has 0 aromatic carbocycles. The van der Waals surface area contributed by atoms with Gasteiger partial charge in [-0.05, 0) is 38.6 Å². The molecule has 0 aromatic heterocycles. The summed E-state index contributed by atoms with van der Waals surface area (Å²) in [5, 5.41) is 9.87. The highest BCUT2D eigenvalue weighted by Gasteiger charge is 2.28. The van der Waals surface area contributed by atoms with Crippen LogP contribution in [-0.2, 0) is 0 Å². The fourth-order valence-corrected chi connectivity index (χ4v) is 3.45. The van der Waals surface area contributed by atoms with Crippen LogP contribution >= 0.6 is 0 Å². The van der Waals surface area contributed by atoms with Crippen LogP contribution in [-0.4, -0.2) is 35.7 Å². The standard InChI is InChI=1S/C14H27NO/c1-15(11-12-7-6-10-14(12)16)13-8-4-2-3-5-9-13/h12-14,16H,2-11H2,1H3. The monoisotopic (exact) mass is 225 g/mol. The first-order valence-corrected chi connectivity index (χ1v) is 7.15. The van der Waals surface area contributed by atoms with Gasteiger partial charge < -0.3 is 10.0 Å². The van der Waals surface area contributed by atoms with Gasteiger partial charge in [-0.25, -0.2) is 0 Å². The number of rotatable bonds is 3. The number of aliphatic hydroxyl groups is 1. The predicted molar refractivity (Wildman–Crippen MR) is 67.5 cm³/mol.